The Kier molecular flexibility index (Phi) is 8.61. The highest BCUT2D eigenvalue weighted by Gasteiger charge is 2.20. The molecule has 0 atom stereocenters. The highest BCUT2D eigenvalue weighted by atomic mass is 35.5. The van der Waals surface area contributed by atoms with E-state index in [0.717, 1.165) is 5.56 Å². The zero-order valence-electron chi connectivity index (χ0n) is 20.5. The zero-order chi connectivity index (χ0) is 26.6. The van der Waals surface area contributed by atoms with Gasteiger partial charge in [-0.25, -0.2) is 9.59 Å². The Labute approximate surface area is 219 Å². The Balaban J connectivity index is 1.81. The minimum Gasteiger partial charge on any atom is -0.462 e. The summed E-state index contributed by atoms with van der Waals surface area (Å²) in [6.07, 6.45) is 0. The number of urea groups is 1. The number of amides is 3. The third kappa shape index (κ3) is 5.98. The Morgan fingerprint density at radius 3 is 2.25 bits per heavy atom. The van der Waals surface area contributed by atoms with Gasteiger partial charge in [0.15, 0.2) is 0 Å². The molecule has 0 aliphatic heterocycles. The molecule has 0 aromatic heterocycles. The number of hydrogen-bond acceptors (Lipinski definition) is 5. The van der Waals surface area contributed by atoms with E-state index in [0.29, 0.717) is 44.5 Å². The second-order valence-electron chi connectivity index (χ2n) is 8.15. The first-order valence-corrected chi connectivity index (χ1v) is 11.9. The number of anilines is 1. The van der Waals surface area contributed by atoms with Crippen LogP contribution in [-0.2, 0) is 4.74 Å². The molecule has 0 fully saturated rings. The first-order chi connectivity index (χ1) is 17.0. The van der Waals surface area contributed by atoms with Gasteiger partial charge in [-0.05, 0) is 87.2 Å². The molecule has 3 amide bonds. The molecule has 2 N–H and O–H groups in total. The van der Waals surface area contributed by atoms with Crippen molar-refractivity contribution in [3.8, 4) is 11.5 Å². The van der Waals surface area contributed by atoms with E-state index in [-0.39, 0.29) is 17.2 Å². The topological polar surface area (TPSA) is 93.7 Å². The number of imide groups is 1. The molecular weight excluding hydrogens is 503 g/mol. The van der Waals surface area contributed by atoms with Gasteiger partial charge in [0.1, 0.15) is 11.5 Å². The van der Waals surface area contributed by atoms with Gasteiger partial charge in [-0.3, -0.25) is 10.1 Å². The molecule has 3 aromatic carbocycles. The van der Waals surface area contributed by atoms with Gasteiger partial charge < -0.3 is 14.8 Å². The van der Waals surface area contributed by atoms with Crippen molar-refractivity contribution in [2.75, 3.05) is 11.9 Å². The molecular formula is C27H26Cl2N2O5. The van der Waals surface area contributed by atoms with Gasteiger partial charge in [-0.15, -0.1) is 0 Å². The number of rotatable bonds is 6. The summed E-state index contributed by atoms with van der Waals surface area (Å²) in [6, 6.07) is 10.9. The number of esters is 1. The van der Waals surface area contributed by atoms with Crippen molar-refractivity contribution in [2.45, 2.75) is 34.6 Å². The first kappa shape index (κ1) is 27.0. The fourth-order valence-electron chi connectivity index (χ4n) is 3.51. The number of hydrogen-bond donors (Lipinski definition) is 2. The summed E-state index contributed by atoms with van der Waals surface area (Å²) in [5.41, 5.74) is 3.72. The SMILES string of the molecule is CCOC(=O)c1cc(C)c(Oc2c(C)cc(NC(=O)NC(=O)c3ccccc3Cl)c(C)c2Cl)cc1C. The van der Waals surface area contributed by atoms with E-state index in [1.165, 1.54) is 6.07 Å². The molecule has 0 bridgehead atoms. The molecule has 7 nitrogen and oxygen atoms in total. The van der Waals surface area contributed by atoms with Crippen molar-refractivity contribution in [1.29, 1.82) is 0 Å². The Hall–Kier alpha value is -3.55. The van der Waals surface area contributed by atoms with Gasteiger partial charge >= 0.3 is 12.0 Å². The first-order valence-electron chi connectivity index (χ1n) is 11.2. The van der Waals surface area contributed by atoms with Crippen molar-refractivity contribution in [3.63, 3.8) is 0 Å². The summed E-state index contributed by atoms with van der Waals surface area (Å²) in [7, 11) is 0. The number of aryl methyl sites for hydroxylation is 3. The van der Waals surface area contributed by atoms with Crippen molar-refractivity contribution >= 4 is 46.8 Å². The average molecular weight is 529 g/mol. The lowest BCUT2D eigenvalue weighted by molar-refractivity contribution is 0.0525. The number of halogens is 2. The summed E-state index contributed by atoms with van der Waals surface area (Å²) in [5.74, 6) is -0.0699. The van der Waals surface area contributed by atoms with Crippen LogP contribution in [0.5, 0.6) is 11.5 Å². The number of ether oxygens (including phenoxy) is 2. The van der Waals surface area contributed by atoms with E-state index < -0.39 is 17.9 Å². The maximum atomic E-state index is 12.5. The second kappa shape index (κ2) is 11.5. The summed E-state index contributed by atoms with van der Waals surface area (Å²) >= 11 is 12.6. The zero-order valence-corrected chi connectivity index (χ0v) is 22.1. The predicted molar refractivity (Wildman–Crippen MR) is 141 cm³/mol. The molecule has 9 heteroatoms. The summed E-state index contributed by atoms with van der Waals surface area (Å²) in [6.45, 7) is 9.17. The molecule has 0 aliphatic rings. The third-order valence-electron chi connectivity index (χ3n) is 5.47. The number of benzene rings is 3. The minimum atomic E-state index is -0.729. The van der Waals surface area contributed by atoms with Crippen molar-refractivity contribution in [3.05, 3.63) is 85.9 Å². The van der Waals surface area contributed by atoms with Gasteiger partial charge in [0.2, 0.25) is 0 Å². The maximum absolute atomic E-state index is 12.5. The third-order valence-corrected chi connectivity index (χ3v) is 6.26. The van der Waals surface area contributed by atoms with Crippen LogP contribution in [0.4, 0.5) is 10.5 Å². The van der Waals surface area contributed by atoms with Crippen LogP contribution in [0.15, 0.2) is 42.5 Å². The fraction of sp³-hybridized carbons (Fsp3) is 0.222. The van der Waals surface area contributed by atoms with E-state index in [1.807, 2.05) is 6.92 Å². The molecule has 0 radical (unpaired) electrons. The molecule has 0 spiro atoms. The molecule has 188 valence electrons. The summed E-state index contributed by atoms with van der Waals surface area (Å²) in [4.78, 5) is 37.0. The average Bonchev–Trinajstić information content (AvgIpc) is 2.82. The predicted octanol–water partition coefficient (Wildman–Crippen LogP) is 7.16. The van der Waals surface area contributed by atoms with Crippen molar-refractivity contribution in [2.24, 2.45) is 0 Å². The quantitative estimate of drug-likeness (QED) is 0.331. The summed E-state index contributed by atoms with van der Waals surface area (Å²) < 4.78 is 11.2. The van der Waals surface area contributed by atoms with Crippen LogP contribution < -0.4 is 15.4 Å². The van der Waals surface area contributed by atoms with E-state index in [1.54, 1.807) is 64.1 Å². The monoisotopic (exact) mass is 528 g/mol. The largest absolute Gasteiger partial charge is 0.462 e. The molecule has 0 saturated carbocycles. The lowest BCUT2D eigenvalue weighted by Gasteiger charge is -2.18. The molecule has 0 heterocycles. The normalized spacial score (nSPS) is 10.5. The standard InChI is InChI=1S/C27H26Cl2N2O5/c1-6-35-26(33)19-11-15(3)22(13-14(19)2)36-24-16(4)12-21(17(5)23(24)29)30-27(34)31-25(32)18-9-7-8-10-20(18)28/h7-13H,6H2,1-5H3,(H2,30,31,32,34). The Bertz CT molecular complexity index is 1350. The Morgan fingerprint density at radius 1 is 0.889 bits per heavy atom. The molecule has 3 rings (SSSR count). The summed E-state index contributed by atoms with van der Waals surface area (Å²) in [5, 5.41) is 5.44. The van der Waals surface area contributed by atoms with Crippen LogP contribution in [0.3, 0.4) is 0 Å². The fourth-order valence-corrected chi connectivity index (χ4v) is 4.03. The van der Waals surface area contributed by atoms with Gasteiger partial charge in [0.25, 0.3) is 5.91 Å². The van der Waals surface area contributed by atoms with Crippen LogP contribution in [0.1, 0.15) is 49.9 Å². The highest BCUT2D eigenvalue weighted by Crippen LogP contribution is 2.40. The van der Waals surface area contributed by atoms with Crippen LogP contribution >= 0.6 is 23.2 Å². The van der Waals surface area contributed by atoms with Crippen LogP contribution in [-0.4, -0.2) is 24.5 Å². The van der Waals surface area contributed by atoms with Gasteiger partial charge in [-0.1, -0.05) is 35.3 Å². The van der Waals surface area contributed by atoms with Crippen LogP contribution in [0, 0.1) is 27.7 Å². The molecule has 0 aliphatic carbocycles. The molecule has 3 aromatic rings. The number of nitrogens with one attached hydrogen (secondary N) is 2. The van der Waals surface area contributed by atoms with Crippen LogP contribution in [0.25, 0.3) is 0 Å². The number of carbonyl (C=O) groups is 3. The molecule has 0 unspecified atom stereocenters. The minimum absolute atomic E-state index is 0.184. The van der Waals surface area contributed by atoms with Crippen molar-refractivity contribution < 1.29 is 23.9 Å². The van der Waals surface area contributed by atoms with Gasteiger partial charge in [0.05, 0.1) is 27.8 Å². The lowest BCUT2D eigenvalue weighted by atomic mass is 10.0. The van der Waals surface area contributed by atoms with Crippen LogP contribution in [0.2, 0.25) is 10.0 Å². The van der Waals surface area contributed by atoms with E-state index in [4.69, 9.17) is 32.7 Å². The second-order valence-corrected chi connectivity index (χ2v) is 8.94. The van der Waals surface area contributed by atoms with E-state index in [2.05, 4.69) is 10.6 Å². The maximum Gasteiger partial charge on any atom is 0.338 e. The van der Waals surface area contributed by atoms with Gasteiger partial charge in [0, 0.05) is 5.69 Å². The number of carbonyl (C=O) groups excluding carboxylic acids is 3. The van der Waals surface area contributed by atoms with E-state index in [9.17, 15) is 14.4 Å². The Morgan fingerprint density at radius 2 is 1.58 bits per heavy atom. The highest BCUT2D eigenvalue weighted by molar-refractivity contribution is 6.34. The van der Waals surface area contributed by atoms with E-state index >= 15 is 0 Å². The lowest BCUT2D eigenvalue weighted by Crippen LogP contribution is -2.34. The molecule has 0 saturated heterocycles. The van der Waals surface area contributed by atoms with Gasteiger partial charge in [-0.2, -0.15) is 0 Å². The van der Waals surface area contributed by atoms with Crippen molar-refractivity contribution in [1.82, 2.24) is 5.32 Å². The smallest absolute Gasteiger partial charge is 0.338 e. The molecule has 36 heavy (non-hydrogen) atoms.